The molecule has 0 aliphatic heterocycles. The van der Waals surface area contributed by atoms with Crippen molar-refractivity contribution in [2.45, 2.75) is 45.9 Å². The second-order valence-corrected chi connectivity index (χ2v) is 9.82. The summed E-state index contributed by atoms with van der Waals surface area (Å²) in [5.74, 6) is -0.999. The molecule has 0 amide bonds. The van der Waals surface area contributed by atoms with E-state index >= 15 is 0 Å². The number of nitrogens with zero attached hydrogens (tertiary/aromatic N) is 1. The van der Waals surface area contributed by atoms with Crippen molar-refractivity contribution in [2.24, 2.45) is 10.8 Å². The van der Waals surface area contributed by atoms with Crippen molar-refractivity contribution in [3.63, 3.8) is 0 Å². The van der Waals surface area contributed by atoms with Crippen molar-refractivity contribution in [2.75, 3.05) is 20.8 Å². The Kier molecular flexibility index (Phi) is 9.16. The van der Waals surface area contributed by atoms with Gasteiger partial charge in [-0.05, 0) is 37.1 Å². The fourth-order valence-electron chi connectivity index (χ4n) is 3.24. The Balaban J connectivity index is 3.14. The van der Waals surface area contributed by atoms with Gasteiger partial charge in [-0.1, -0.05) is 44.5 Å². The molecule has 180 valence electrons. The molecule has 0 fully saturated rings. The van der Waals surface area contributed by atoms with Crippen LogP contribution in [-0.4, -0.2) is 55.3 Å². The minimum Gasteiger partial charge on any atom is -0.763 e. The average Bonchev–Trinajstić information content (AvgIpc) is 2.78. The van der Waals surface area contributed by atoms with Gasteiger partial charge in [-0.25, -0.2) is 14.4 Å². The molecule has 0 bridgehead atoms. The average molecular weight is 479 g/mol. The summed E-state index contributed by atoms with van der Waals surface area (Å²) in [4.78, 5) is 47.2. The molecule has 8 nitrogen and oxygen atoms in total. The smallest absolute Gasteiger partial charge is 0.338 e. The van der Waals surface area contributed by atoms with Crippen LogP contribution in [0.1, 0.15) is 57.0 Å². The van der Waals surface area contributed by atoms with Crippen LogP contribution in [-0.2, 0) is 28.6 Å². The quantitative estimate of drug-likeness (QED) is 0.174. The maximum absolute atomic E-state index is 12.6. The van der Waals surface area contributed by atoms with Crippen LogP contribution in [0.25, 0.3) is 11.0 Å². The van der Waals surface area contributed by atoms with Crippen LogP contribution in [0.15, 0.2) is 24.3 Å². The molecule has 0 N–H and O–H groups in total. The van der Waals surface area contributed by atoms with Gasteiger partial charge in [-0.2, -0.15) is 0 Å². The molecule has 0 atom stereocenters. The van der Waals surface area contributed by atoms with E-state index in [4.69, 9.17) is 16.3 Å². The van der Waals surface area contributed by atoms with Crippen LogP contribution in [0.5, 0.6) is 0 Å². The number of hydrogen-bond donors (Lipinski definition) is 0. The molecule has 0 unspecified atom stereocenters. The van der Waals surface area contributed by atoms with E-state index in [2.05, 4.69) is 9.47 Å². The monoisotopic (exact) mass is 478 g/mol. The summed E-state index contributed by atoms with van der Waals surface area (Å²) in [5, 5.41) is 9.63. The summed E-state index contributed by atoms with van der Waals surface area (Å²) in [7, 11) is 2.11. The molecule has 9 heteroatoms. The number of ether oxygens (including phenoxy) is 3. The number of Topliss-reactive ketones (excluding diaryl/α,β-unsaturated/α-hetero) is 1. The van der Waals surface area contributed by atoms with Crippen LogP contribution in [0.2, 0.25) is 0 Å². The predicted octanol–water partition coefficient (Wildman–Crippen LogP) is 3.82. The minimum atomic E-state index is -2.26. The summed E-state index contributed by atoms with van der Waals surface area (Å²) < 4.78 is 14.5. The fraction of sp³-hybridized carbons (Fsp3) is 0.500. The zero-order valence-corrected chi connectivity index (χ0v) is 20.7. The third-order valence-corrected chi connectivity index (χ3v) is 5.32. The van der Waals surface area contributed by atoms with Gasteiger partial charge in [0.1, 0.15) is 12.4 Å². The highest BCUT2D eigenvalue weighted by molar-refractivity contribution is 6.45. The number of esters is 3. The van der Waals surface area contributed by atoms with Crippen LogP contribution in [0, 0.1) is 10.8 Å². The Bertz CT molecular complexity index is 969. The van der Waals surface area contributed by atoms with Gasteiger partial charge < -0.3 is 19.6 Å². The first-order valence-corrected chi connectivity index (χ1v) is 10.5. The first kappa shape index (κ1) is 28.1. The second kappa shape index (κ2) is 10.8. The first-order chi connectivity index (χ1) is 15.1. The molecule has 0 saturated carbocycles. The molecule has 0 radical (unpaired) electrons. The van der Waals surface area contributed by atoms with Gasteiger partial charge in [-0.15, -0.1) is 0 Å². The van der Waals surface area contributed by atoms with E-state index in [1.807, 2.05) is 5.87 Å². The normalized spacial score (nSPS) is 11.8. The molecular formula is C24H29ClNO7-. The number of carbonyl (C=O) groups is 4. The summed E-state index contributed by atoms with van der Waals surface area (Å²) in [6.45, 7) is 8.65. The lowest BCUT2D eigenvalue weighted by atomic mass is 9.75. The summed E-state index contributed by atoms with van der Waals surface area (Å²) >= 11 is 6.19. The predicted molar refractivity (Wildman–Crippen MR) is 124 cm³/mol. The van der Waals surface area contributed by atoms with E-state index in [1.165, 1.54) is 24.3 Å². The topological polar surface area (TPSA) is 118 Å². The number of methoxy groups -OCH3 is 2. The zero-order valence-electron chi connectivity index (χ0n) is 19.9. The Labute approximate surface area is 198 Å². The molecule has 0 aliphatic rings. The number of carbonyl (C=O) groups excluding carboxylic acids is 4. The Morgan fingerprint density at radius 2 is 1.48 bits per heavy atom. The third-order valence-electron chi connectivity index (χ3n) is 4.88. The van der Waals surface area contributed by atoms with E-state index < -0.39 is 40.0 Å². The van der Waals surface area contributed by atoms with Gasteiger partial charge in [0.25, 0.3) is 0 Å². The lowest BCUT2D eigenvalue weighted by Gasteiger charge is -2.30. The number of benzene rings is 1. The number of alkyl halides is 1. The van der Waals surface area contributed by atoms with Gasteiger partial charge in [-0.3, -0.25) is 10.7 Å². The largest absolute Gasteiger partial charge is 0.763 e. The highest BCUT2D eigenvalue weighted by Gasteiger charge is 2.47. The lowest BCUT2D eigenvalue weighted by molar-refractivity contribution is -0.156. The Hall–Kier alpha value is -2.96. The Morgan fingerprint density at radius 1 is 0.970 bits per heavy atom. The van der Waals surface area contributed by atoms with Crippen LogP contribution >= 0.6 is 11.6 Å². The van der Waals surface area contributed by atoms with Gasteiger partial charge >= 0.3 is 17.9 Å². The summed E-state index contributed by atoms with van der Waals surface area (Å²) in [5.41, 5.74) is -1.15. The number of halogens is 1. The molecule has 1 aromatic carbocycles. The van der Waals surface area contributed by atoms with Crippen LogP contribution in [0.3, 0.4) is 0 Å². The third kappa shape index (κ3) is 6.76. The van der Waals surface area contributed by atoms with E-state index in [1.54, 1.807) is 34.6 Å². The SMILES string of the molecule is COC(=O)C(Cl)(CC(=C=[N-])c1cccc(C(=O)OCC(C)(C)C(=O)C(C)(C)C)c1)C(=O)OC. The van der Waals surface area contributed by atoms with E-state index in [0.29, 0.717) is 0 Å². The minimum absolute atomic E-state index is 0.0429. The number of rotatable bonds is 9. The van der Waals surface area contributed by atoms with Crippen molar-refractivity contribution in [3.05, 3.63) is 40.8 Å². The van der Waals surface area contributed by atoms with E-state index in [-0.39, 0.29) is 29.1 Å². The van der Waals surface area contributed by atoms with Crippen LogP contribution < -0.4 is 0 Å². The lowest BCUT2D eigenvalue weighted by Crippen LogP contribution is -2.43. The number of ketones is 1. The van der Waals surface area contributed by atoms with Crippen molar-refractivity contribution in [1.29, 1.82) is 0 Å². The van der Waals surface area contributed by atoms with Gasteiger partial charge in [0.2, 0.25) is 4.87 Å². The number of allylic oxidation sites excluding steroid dienone is 1. The molecule has 1 rings (SSSR count). The fourth-order valence-corrected chi connectivity index (χ4v) is 3.53. The second-order valence-electron chi connectivity index (χ2n) is 9.17. The zero-order chi connectivity index (χ0) is 25.6. The maximum Gasteiger partial charge on any atom is 0.338 e. The van der Waals surface area contributed by atoms with Crippen molar-refractivity contribution in [3.8, 4) is 0 Å². The van der Waals surface area contributed by atoms with Gasteiger partial charge in [0.15, 0.2) is 0 Å². The molecule has 0 spiro atoms. The van der Waals surface area contributed by atoms with Gasteiger partial charge in [0.05, 0.1) is 25.2 Å². The summed E-state index contributed by atoms with van der Waals surface area (Å²) in [6, 6.07) is 5.90. The Morgan fingerprint density at radius 3 is 1.94 bits per heavy atom. The summed E-state index contributed by atoms with van der Waals surface area (Å²) in [6.07, 6.45) is -0.518. The molecule has 0 aliphatic carbocycles. The molecule has 0 heterocycles. The molecule has 0 saturated heterocycles. The molecule has 0 aromatic heterocycles. The molecule has 1 aromatic rings. The van der Waals surface area contributed by atoms with Crippen molar-refractivity contribution >= 4 is 46.7 Å². The highest BCUT2D eigenvalue weighted by Crippen LogP contribution is 2.32. The number of hydrogen-bond acceptors (Lipinski definition) is 7. The molecular weight excluding hydrogens is 450 g/mol. The molecule has 33 heavy (non-hydrogen) atoms. The van der Waals surface area contributed by atoms with Gasteiger partial charge in [0, 0.05) is 11.8 Å². The van der Waals surface area contributed by atoms with E-state index in [0.717, 1.165) is 14.2 Å². The van der Waals surface area contributed by atoms with Crippen LogP contribution in [0.4, 0.5) is 0 Å². The highest BCUT2D eigenvalue weighted by atomic mass is 35.5. The van der Waals surface area contributed by atoms with Crippen molar-refractivity contribution in [1.82, 2.24) is 0 Å². The maximum atomic E-state index is 12.6. The standard InChI is InChI=1S/C24H29ClNO7/c1-22(2,3)19(28)23(4,5)14-33-18(27)16-10-8-9-15(11-16)17(13-26)12-24(25,20(29)31-6)21(30)32-7/h8-11H,12,14H2,1-7H3/q-1. The van der Waals surface area contributed by atoms with Crippen molar-refractivity contribution < 1.29 is 33.4 Å². The first-order valence-electron chi connectivity index (χ1n) is 10.1. The van der Waals surface area contributed by atoms with E-state index in [9.17, 15) is 24.6 Å².